The Labute approximate surface area is 172 Å². The van der Waals surface area contributed by atoms with E-state index >= 15 is 0 Å². The van der Waals surface area contributed by atoms with Crippen LogP contribution in [0.4, 0.5) is 0 Å². The third kappa shape index (κ3) is 5.18. The molecule has 0 aliphatic carbocycles. The molecule has 0 radical (unpaired) electrons. The average Bonchev–Trinajstić information content (AvgIpc) is 2.77. The Morgan fingerprint density at radius 2 is 1.86 bits per heavy atom. The fourth-order valence-corrected chi connectivity index (χ4v) is 3.53. The summed E-state index contributed by atoms with van der Waals surface area (Å²) in [6, 6.07) is 15.3. The monoisotopic (exact) mass is 395 g/mol. The second kappa shape index (κ2) is 9.61. The third-order valence-electron chi connectivity index (χ3n) is 5.28. The molecule has 3 rings (SSSR count). The van der Waals surface area contributed by atoms with Crippen LogP contribution in [0.1, 0.15) is 37.3 Å². The first-order chi connectivity index (χ1) is 14.1. The maximum atomic E-state index is 12.6. The quantitative estimate of drug-likeness (QED) is 0.720. The number of hydrogen-bond donors (Lipinski definition) is 1. The summed E-state index contributed by atoms with van der Waals surface area (Å²) in [5.41, 5.74) is 0.931. The van der Waals surface area contributed by atoms with E-state index < -0.39 is 5.60 Å². The summed E-state index contributed by atoms with van der Waals surface area (Å²) in [6.45, 7) is 3.74. The number of piperidine rings is 1. The van der Waals surface area contributed by atoms with E-state index in [0.717, 1.165) is 17.5 Å². The van der Waals surface area contributed by atoms with E-state index in [1.807, 2.05) is 48.5 Å². The lowest BCUT2D eigenvalue weighted by atomic mass is 9.84. The number of nitrogens with zero attached hydrogens (tertiary/aromatic N) is 1. The Morgan fingerprint density at radius 3 is 2.52 bits per heavy atom. The van der Waals surface area contributed by atoms with E-state index in [-0.39, 0.29) is 5.91 Å². The lowest BCUT2D eigenvalue weighted by Gasteiger charge is -2.38. The van der Waals surface area contributed by atoms with Gasteiger partial charge in [0.2, 0.25) is 5.91 Å². The van der Waals surface area contributed by atoms with E-state index in [9.17, 15) is 9.90 Å². The van der Waals surface area contributed by atoms with Crippen molar-refractivity contribution in [3.63, 3.8) is 0 Å². The summed E-state index contributed by atoms with van der Waals surface area (Å²) in [6.07, 6.45) is 5.36. The van der Waals surface area contributed by atoms with Crippen molar-refractivity contribution >= 4 is 12.0 Å². The lowest BCUT2D eigenvalue weighted by molar-refractivity contribution is -0.130. The summed E-state index contributed by atoms with van der Waals surface area (Å²) in [7, 11) is 1.61. The van der Waals surface area contributed by atoms with Crippen molar-refractivity contribution in [2.45, 2.75) is 31.8 Å². The van der Waals surface area contributed by atoms with Crippen molar-refractivity contribution in [2.24, 2.45) is 0 Å². The summed E-state index contributed by atoms with van der Waals surface area (Å²) < 4.78 is 11.1. The van der Waals surface area contributed by atoms with Gasteiger partial charge < -0.3 is 19.5 Å². The number of benzene rings is 2. The molecular formula is C24H29NO4. The molecule has 0 atom stereocenters. The number of amides is 1. The van der Waals surface area contributed by atoms with Crippen LogP contribution in [-0.2, 0) is 10.4 Å². The molecule has 1 saturated heterocycles. The molecule has 1 aliphatic rings. The predicted molar refractivity (Wildman–Crippen MR) is 114 cm³/mol. The van der Waals surface area contributed by atoms with Gasteiger partial charge in [-0.05, 0) is 48.6 Å². The van der Waals surface area contributed by atoms with Crippen LogP contribution in [0.5, 0.6) is 11.5 Å². The zero-order valence-corrected chi connectivity index (χ0v) is 17.1. The van der Waals surface area contributed by atoms with Gasteiger partial charge >= 0.3 is 0 Å². The molecule has 1 amide bonds. The molecule has 0 aromatic heterocycles. The molecule has 0 unspecified atom stereocenters. The highest BCUT2D eigenvalue weighted by Gasteiger charge is 2.34. The number of carbonyl (C=O) groups is 1. The van der Waals surface area contributed by atoms with E-state index in [0.29, 0.717) is 44.0 Å². The topological polar surface area (TPSA) is 59.0 Å². The lowest BCUT2D eigenvalue weighted by Crippen LogP contribution is -2.44. The molecular weight excluding hydrogens is 366 g/mol. The number of methoxy groups -OCH3 is 1. The standard InChI is InChI=1S/C24H29NO4/c1-3-17-29-21-11-9-19(18-22(21)28-2)10-12-23(26)25-15-13-24(27,14-16-25)20-7-5-4-6-8-20/h4-12,18,27H,3,13-17H2,1-2H3/b12-10+. The zero-order chi connectivity index (χ0) is 20.7. The van der Waals surface area contributed by atoms with Crippen molar-refractivity contribution in [1.29, 1.82) is 0 Å². The molecule has 2 aromatic rings. The highest BCUT2D eigenvalue weighted by Crippen LogP contribution is 2.33. The first kappa shape index (κ1) is 20.9. The van der Waals surface area contributed by atoms with Gasteiger partial charge in [-0.3, -0.25) is 4.79 Å². The average molecular weight is 395 g/mol. The van der Waals surface area contributed by atoms with Crippen molar-refractivity contribution in [2.75, 3.05) is 26.8 Å². The minimum Gasteiger partial charge on any atom is -0.493 e. The minimum absolute atomic E-state index is 0.0506. The molecule has 0 saturated carbocycles. The third-order valence-corrected chi connectivity index (χ3v) is 5.28. The predicted octanol–water partition coefficient (Wildman–Crippen LogP) is 4.01. The van der Waals surface area contributed by atoms with Crippen LogP contribution in [0.2, 0.25) is 0 Å². The molecule has 1 heterocycles. The van der Waals surface area contributed by atoms with Gasteiger partial charge in [0.25, 0.3) is 0 Å². The van der Waals surface area contributed by atoms with E-state index in [1.54, 1.807) is 24.2 Å². The SMILES string of the molecule is CCCOc1ccc(/C=C/C(=O)N2CCC(O)(c3ccccc3)CC2)cc1OC. The zero-order valence-electron chi connectivity index (χ0n) is 17.1. The molecule has 0 spiro atoms. The highest BCUT2D eigenvalue weighted by atomic mass is 16.5. The summed E-state index contributed by atoms with van der Waals surface area (Å²) in [4.78, 5) is 14.4. The number of carbonyl (C=O) groups excluding carboxylic acids is 1. The molecule has 29 heavy (non-hydrogen) atoms. The molecule has 5 nitrogen and oxygen atoms in total. The molecule has 154 valence electrons. The Bertz CT molecular complexity index is 839. The second-order valence-corrected chi connectivity index (χ2v) is 7.31. The summed E-state index contributed by atoms with van der Waals surface area (Å²) in [5, 5.41) is 10.9. The van der Waals surface area contributed by atoms with Gasteiger partial charge in [-0.25, -0.2) is 0 Å². The number of ether oxygens (including phenoxy) is 2. The summed E-state index contributed by atoms with van der Waals surface area (Å²) in [5.74, 6) is 1.30. The second-order valence-electron chi connectivity index (χ2n) is 7.31. The first-order valence-electron chi connectivity index (χ1n) is 10.1. The van der Waals surface area contributed by atoms with E-state index in [1.165, 1.54) is 0 Å². The number of rotatable bonds is 7. The van der Waals surface area contributed by atoms with Gasteiger partial charge in [0, 0.05) is 19.2 Å². The number of aliphatic hydroxyl groups is 1. The molecule has 1 N–H and O–H groups in total. The van der Waals surface area contributed by atoms with Gasteiger partial charge in [0.1, 0.15) is 0 Å². The maximum absolute atomic E-state index is 12.6. The Kier molecular flexibility index (Phi) is 6.94. The van der Waals surface area contributed by atoms with Crippen molar-refractivity contribution in [3.8, 4) is 11.5 Å². The highest BCUT2D eigenvalue weighted by molar-refractivity contribution is 5.92. The van der Waals surface area contributed by atoms with Gasteiger partial charge in [-0.15, -0.1) is 0 Å². The maximum Gasteiger partial charge on any atom is 0.246 e. The van der Waals surface area contributed by atoms with Gasteiger partial charge in [0.05, 0.1) is 19.3 Å². The van der Waals surface area contributed by atoms with Crippen molar-refractivity contribution in [3.05, 3.63) is 65.7 Å². The van der Waals surface area contributed by atoms with Crippen LogP contribution >= 0.6 is 0 Å². The van der Waals surface area contributed by atoms with Gasteiger partial charge in [-0.1, -0.05) is 43.3 Å². The normalized spacial score (nSPS) is 16.0. The first-order valence-corrected chi connectivity index (χ1v) is 10.1. The van der Waals surface area contributed by atoms with E-state index in [4.69, 9.17) is 9.47 Å². The fraction of sp³-hybridized carbons (Fsp3) is 0.375. The number of likely N-dealkylation sites (tertiary alicyclic amines) is 1. The van der Waals surface area contributed by atoms with Crippen LogP contribution in [0.3, 0.4) is 0 Å². The van der Waals surface area contributed by atoms with Crippen LogP contribution in [0.25, 0.3) is 6.08 Å². The number of hydrogen-bond acceptors (Lipinski definition) is 4. The smallest absolute Gasteiger partial charge is 0.246 e. The largest absolute Gasteiger partial charge is 0.493 e. The van der Waals surface area contributed by atoms with Crippen LogP contribution in [-0.4, -0.2) is 42.7 Å². The molecule has 5 heteroatoms. The van der Waals surface area contributed by atoms with Crippen molar-refractivity contribution in [1.82, 2.24) is 4.90 Å². The Morgan fingerprint density at radius 1 is 1.14 bits per heavy atom. The molecule has 1 aliphatic heterocycles. The van der Waals surface area contributed by atoms with Crippen LogP contribution < -0.4 is 9.47 Å². The Balaban J connectivity index is 1.60. The Hall–Kier alpha value is -2.79. The fourth-order valence-electron chi connectivity index (χ4n) is 3.53. The van der Waals surface area contributed by atoms with Gasteiger partial charge in [-0.2, -0.15) is 0 Å². The minimum atomic E-state index is -0.858. The van der Waals surface area contributed by atoms with Crippen LogP contribution in [0.15, 0.2) is 54.6 Å². The summed E-state index contributed by atoms with van der Waals surface area (Å²) >= 11 is 0. The molecule has 1 fully saturated rings. The van der Waals surface area contributed by atoms with Crippen molar-refractivity contribution < 1.29 is 19.4 Å². The van der Waals surface area contributed by atoms with Crippen LogP contribution in [0, 0.1) is 0 Å². The molecule has 0 bridgehead atoms. The van der Waals surface area contributed by atoms with E-state index in [2.05, 4.69) is 6.92 Å². The van der Waals surface area contributed by atoms with Gasteiger partial charge in [0.15, 0.2) is 11.5 Å². The molecule has 2 aromatic carbocycles.